The van der Waals surface area contributed by atoms with Crippen LogP contribution in [0.25, 0.3) is 0 Å². The summed E-state index contributed by atoms with van der Waals surface area (Å²) in [6.07, 6.45) is 4.92. The Balaban J connectivity index is 0. The van der Waals surface area contributed by atoms with Crippen molar-refractivity contribution in [2.45, 2.75) is 25.7 Å². The number of aliphatic imine (C=N–C) groups is 1. The molecule has 0 spiro atoms. The van der Waals surface area contributed by atoms with E-state index in [1.807, 2.05) is 0 Å². The van der Waals surface area contributed by atoms with Gasteiger partial charge in [-0.2, -0.15) is 8.42 Å². The van der Waals surface area contributed by atoms with E-state index in [-0.39, 0.29) is 6.42 Å². The van der Waals surface area contributed by atoms with E-state index in [2.05, 4.69) is 10.4 Å². The summed E-state index contributed by atoms with van der Waals surface area (Å²) >= 11 is 0. The molecular weight excluding hydrogens is 250 g/mol. The second-order valence-corrected chi connectivity index (χ2v) is 4.61. The molecule has 0 saturated carbocycles. The zero-order valence-electron chi connectivity index (χ0n) is 9.66. The predicted octanol–water partition coefficient (Wildman–Crippen LogP) is -0.373. The highest BCUT2D eigenvalue weighted by Crippen LogP contribution is 1.99. The number of nitrogens with one attached hydrogen (secondary N) is 1. The lowest BCUT2D eigenvalue weighted by Gasteiger charge is -1.94. The number of unbranched alkanes of at least 4 members (excludes halogenated alkanes) is 2. The van der Waals surface area contributed by atoms with Gasteiger partial charge in [-0.3, -0.25) is 14.3 Å². The molecule has 0 unspecified atom stereocenters. The van der Waals surface area contributed by atoms with Gasteiger partial charge in [-0.25, -0.2) is 5.84 Å². The quantitative estimate of drug-likeness (QED) is 0.123. The van der Waals surface area contributed by atoms with Crippen molar-refractivity contribution in [2.24, 2.45) is 10.8 Å². The molecule has 0 aliphatic rings. The number of rotatable bonds is 7. The van der Waals surface area contributed by atoms with Gasteiger partial charge in [0.1, 0.15) is 0 Å². The molecule has 0 saturated heterocycles. The number of carboxylic acid groups (broad SMARTS) is 1. The summed E-state index contributed by atoms with van der Waals surface area (Å²) in [5, 5.41) is 8.30. The molecule has 0 aromatic heterocycles. The number of nitrogens with zero attached hydrogens (tertiary/aromatic N) is 1. The molecule has 8 nitrogen and oxygen atoms in total. The zero-order valence-corrected chi connectivity index (χ0v) is 10.5. The van der Waals surface area contributed by atoms with Crippen LogP contribution in [0.2, 0.25) is 0 Å². The molecule has 0 heterocycles. The summed E-state index contributed by atoms with van der Waals surface area (Å²) in [6.45, 7) is 0.698. The zero-order chi connectivity index (χ0) is 13.7. The fourth-order valence-corrected chi connectivity index (χ4v) is 0.773. The van der Waals surface area contributed by atoms with E-state index in [0.29, 0.717) is 12.8 Å². The van der Waals surface area contributed by atoms with Crippen LogP contribution in [0.3, 0.4) is 0 Å². The SMILES string of the molecule is CS(=O)(=O)O.NNC=NCCCCCC(=O)O. The highest BCUT2D eigenvalue weighted by atomic mass is 32.2. The molecule has 102 valence electrons. The van der Waals surface area contributed by atoms with Gasteiger partial charge in [0.2, 0.25) is 0 Å². The maximum absolute atomic E-state index is 10.1. The highest BCUT2D eigenvalue weighted by molar-refractivity contribution is 7.85. The third kappa shape index (κ3) is 39.8. The third-order valence-electron chi connectivity index (χ3n) is 1.34. The Labute approximate surface area is 101 Å². The molecule has 0 radical (unpaired) electrons. The second-order valence-electron chi connectivity index (χ2n) is 3.14. The maximum atomic E-state index is 10.1. The lowest BCUT2D eigenvalue weighted by atomic mass is 10.2. The van der Waals surface area contributed by atoms with Crippen LogP contribution < -0.4 is 11.3 Å². The molecule has 17 heavy (non-hydrogen) atoms. The highest BCUT2D eigenvalue weighted by Gasteiger charge is 1.94. The van der Waals surface area contributed by atoms with E-state index < -0.39 is 16.1 Å². The number of aliphatic carboxylic acids is 1. The Bertz CT molecular complexity index is 307. The normalized spacial score (nSPS) is 10.8. The van der Waals surface area contributed by atoms with Crippen molar-refractivity contribution in [2.75, 3.05) is 12.8 Å². The van der Waals surface area contributed by atoms with Crippen molar-refractivity contribution in [1.82, 2.24) is 5.43 Å². The smallest absolute Gasteiger partial charge is 0.303 e. The molecule has 0 aliphatic heterocycles. The third-order valence-corrected chi connectivity index (χ3v) is 1.34. The Hall–Kier alpha value is -1.19. The molecule has 0 aromatic rings. The molecule has 0 aromatic carbocycles. The van der Waals surface area contributed by atoms with Gasteiger partial charge in [-0.15, -0.1) is 0 Å². The van der Waals surface area contributed by atoms with E-state index in [9.17, 15) is 13.2 Å². The van der Waals surface area contributed by atoms with Gasteiger partial charge in [0.15, 0.2) is 0 Å². The van der Waals surface area contributed by atoms with Crippen LogP contribution in [-0.2, 0) is 14.9 Å². The summed E-state index contributed by atoms with van der Waals surface area (Å²) in [5.41, 5.74) is 2.29. The first kappa shape index (κ1) is 18.2. The van der Waals surface area contributed by atoms with Gasteiger partial charge >= 0.3 is 5.97 Å². The van der Waals surface area contributed by atoms with Crippen LogP contribution in [0.15, 0.2) is 4.99 Å². The van der Waals surface area contributed by atoms with Crippen molar-refractivity contribution in [3.05, 3.63) is 0 Å². The van der Waals surface area contributed by atoms with Gasteiger partial charge in [0, 0.05) is 13.0 Å². The first-order valence-electron chi connectivity index (χ1n) is 4.86. The molecule has 5 N–H and O–H groups in total. The fraction of sp³-hybridized carbons (Fsp3) is 0.750. The van der Waals surface area contributed by atoms with E-state index in [1.54, 1.807) is 0 Å². The monoisotopic (exact) mass is 269 g/mol. The van der Waals surface area contributed by atoms with Crippen molar-refractivity contribution in [1.29, 1.82) is 0 Å². The van der Waals surface area contributed by atoms with Crippen LogP contribution >= 0.6 is 0 Å². The Morgan fingerprint density at radius 2 is 1.94 bits per heavy atom. The second kappa shape index (κ2) is 11.3. The molecule has 0 atom stereocenters. The van der Waals surface area contributed by atoms with Crippen molar-refractivity contribution in [3.63, 3.8) is 0 Å². The lowest BCUT2D eigenvalue weighted by molar-refractivity contribution is -0.137. The minimum atomic E-state index is -3.67. The van der Waals surface area contributed by atoms with E-state index >= 15 is 0 Å². The Morgan fingerprint density at radius 1 is 1.41 bits per heavy atom. The van der Waals surface area contributed by atoms with E-state index in [4.69, 9.17) is 15.5 Å². The van der Waals surface area contributed by atoms with E-state index in [0.717, 1.165) is 19.3 Å². The van der Waals surface area contributed by atoms with Gasteiger partial charge in [0.25, 0.3) is 10.1 Å². The Kier molecular flexibility index (Phi) is 12.1. The average Bonchev–Trinajstić information content (AvgIpc) is 2.13. The average molecular weight is 269 g/mol. The van der Waals surface area contributed by atoms with E-state index in [1.165, 1.54) is 6.34 Å². The number of hydrazine groups is 1. The van der Waals surface area contributed by atoms with Crippen molar-refractivity contribution >= 4 is 22.4 Å². The minimum absolute atomic E-state index is 0.249. The summed E-state index contributed by atoms with van der Waals surface area (Å²) in [7, 11) is -3.67. The summed E-state index contributed by atoms with van der Waals surface area (Å²) in [5.74, 6) is 4.20. The number of hydrogen-bond donors (Lipinski definition) is 4. The summed E-state index contributed by atoms with van der Waals surface area (Å²) in [6, 6.07) is 0. The molecule has 9 heteroatoms. The van der Waals surface area contributed by atoms with Gasteiger partial charge in [-0.1, -0.05) is 6.42 Å². The summed E-state index contributed by atoms with van der Waals surface area (Å²) < 4.78 is 25.9. The van der Waals surface area contributed by atoms with Crippen LogP contribution in [-0.4, -0.2) is 43.2 Å². The molecule has 0 bridgehead atoms. The molecule has 0 rings (SSSR count). The van der Waals surface area contributed by atoms with Gasteiger partial charge in [-0.05, 0) is 12.8 Å². The maximum Gasteiger partial charge on any atom is 0.303 e. The lowest BCUT2D eigenvalue weighted by Crippen LogP contribution is -2.19. The molecule has 0 aliphatic carbocycles. The number of nitrogens with two attached hydrogens (primary N) is 1. The van der Waals surface area contributed by atoms with Crippen LogP contribution in [0.5, 0.6) is 0 Å². The largest absolute Gasteiger partial charge is 0.481 e. The Morgan fingerprint density at radius 3 is 2.35 bits per heavy atom. The van der Waals surface area contributed by atoms with Gasteiger partial charge in [0.05, 0.1) is 12.6 Å². The predicted molar refractivity (Wildman–Crippen MR) is 64.3 cm³/mol. The molecule has 0 amide bonds. The van der Waals surface area contributed by atoms with Gasteiger partial charge < -0.3 is 10.5 Å². The molecular formula is C8H19N3O5S. The van der Waals surface area contributed by atoms with Crippen molar-refractivity contribution < 1.29 is 22.9 Å². The number of carboxylic acids is 1. The number of hydrogen-bond acceptors (Lipinski definition) is 5. The number of carbonyl (C=O) groups is 1. The first-order valence-corrected chi connectivity index (χ1v) is 6.71. The topological polar surface area (TPSA) is 142 Å². The fourth-order valence-electron chi connectivity index (χ4n) is 0.773. The van der Waals surface area contributed by atoms with Crippen LogP contribution in [0.1, 0.15) is 25.7 Å². The standard InChI is InChI=1S/C7H15N3O2.CH4O3S/c8-10-6-9-5-3-1-2-4-7(11)12;1-5(2,3)4/h6H,1-5,8H2,(H,9,10)(H,11,12);1H3,(H,2,3,4). The molecule has 0 fully saturated rings. The van der Waals surface area contributed by atoms with Crippen LogP contribution in [0.4, 0.5) is 0 Å². The minimum Gasteiger partial charge on any atom is -0.481 e. The first-order chi connectivity index (χ1) is 7.77. The van der Waals surface area contributed by atoms with Crippen molar-refractivity contribution in [3.8, 4) is 0 Å². The summed E-state index contributed by atoms with van der Waals surface area (Å²) in [4.78, 5) is 14.0. The van der Waals surface area contributed by atoms with Crippen LogP contribution in [0, 0.1) is 0 Å².